The van der Waals surface area contributed by atoms with Crippen molar-refractivity contribution >= 4 is 22.5 Å². The second kappa shape index (κ2) is 4.85. The molecule has 16 heavy (non-hydrogen) atoms. The lowest BCUT2D eigenvalue weighted by molar-refractivity contribution is 0.108. The first-order valence-corrected chi connectivity index (χ1v) is 5.78. The molecule has 1 aliphatic rings. The predicted octanol–water partition coefficient (Wildman–Crippen LogP) is 1.82. The van der Waals surface area contributed by atoms with Crippen LogP contribution in [0.15, 0.2) is 24.3 Å². The Morgan fingerprint density at radius 3 is 2.56 bits per heavy atom. The van der Waals surface area contributed by atoms with E-state index in [0.717, 1.165) is 31.9 Å². The molecule has 2 rings (SSSR count). The number of carbonyl (C=O) groups excluding carboxylic acids is 1. The van der Waals surface area contributed by atoms with Crippen molar-refractivity contribution in [1.29, 1.82) is 0 Å². The fourth-order valence-corrected chi connectivity index (χ4v) is 2.01. The van der Waals surface area contributed by atoms with Crippen LogP contribution in [0.1, 0.15) is 10.4 Å². The highest BCUT2D eigenvalue weighted by Crippen LogP contribution is 2.18. The van der Waals surface area contributed by atoms with Gasteiger partial charge in [-0.2, -0.15) is 0 Å². The van der Waals surface area contributed by atoms with Gasteiger partial charge in [0, 0.05) is 37.4 Å². The van der Waals surface area contributed by atoms with E-state index in [4.69, 9.17) is 11.6 Å². The molecule has 1 aliphatic heterocycles. The molecular formula is C12H15ClN2O. The first-order chi connectivity index (χ1) is 7.66. The maximum absolute atomic E-state index is 11.1. The Bertz CT molecular complexity index is 386. The molecule has 0 aromatic heterocycles. The van der Waals surface area contributed by atoms with Crippen molar-refractivity contribution in [2.24, 2.45) is 0 Å². The summed E-state index contributed by atoms with van der Waals surface area (Å²) in [4.78, 5) is 15.7. The topological polar surface area (TPSA) is 23.6 Å². The number of piperazine rings is 1. The summed E-state index contributed by atoms with van der Waals surface area (Å²) < 4.78 is 0. The molecule has 0 atom stereocenters. The van der Waals surface area contributed by atoms with Crippen molar-refractivity contribution in [3.05, 3.63) is 29.8 Å². The van der Waals surface area contributed by atoms with Crippen molar-refractivity contribution in [1.82, 2.24) is 4.90 Å². The molecule has 1 saturated heterocycles. The summed E-state index contributed by atoms with van der Waals surface area (Å²) in [6.07, 6.45) is 0. The zero-order chi connectivity index (χ0) is 11.5. The van der Waals surface area contributed by atoms with Crippen LogP contribution in [0, 0.1) is 0 Å². The Balaban J connectivity index is 2.14. The van der Waals surface area contributed by atoms with Crippen molar-refractivity contribution in [2.45, 2.75) is 0 Å². The average molecular weight is 239 g/mol. The molecule has 1 aromatic rings. The average Bonchev–Trinajstić information content (AvgIpc) is 2.30. The highest BCUT2D eigenvalue weighted by atomic mass is 35.5. The van der Waals surface area contributed by atoms with Crippen LogP contribution in [-0.2, 0) is 0 Å². The number of carbonyl (C=O) groups is 1. The van der Waals surface area contributed by atoms with Gasteiger partial charge in [-0.1, -0.05) is 6.07 Å². The zero-order valence-electron chi connectivity index (χ0n) is 9.32. The van der Waals surface area contributed by atoms with E-state index in [9.17, 15) is 4.79 Å². The van der Waals surface area contributed by atoms with Crippen LogP contribution in [0.2, 0.25) is 0 Å². The maximum atomic E-state index is 11.1. The normalized spacial score (nSPS) is 17.5. The van der Waals surface area contributed by atoms with Crippen molar-refractivity contribution < 1.29 is 4.79 Å². The van der Waals surface area contributed by atoms with Gasteiger partial charge in [-0.3, -0.25) is 4.79 Å². The first-order valence-electron chi connectivity index (χ1n) is 5.40. The predicted molar refractivity (Wildman–Crippen MR) is 66.3 cm³/mol. The number of benzene rings is 1. The van der Waals surface area contributed by atoms with Crippen molar-refractivity contribution in [3.63, 3.8) is 0 Å². The molecule has 0 bridgehead atoms. The van der Waals surface area contributed by atoms with Crippen LogP contribution in [0.3, 0.4) is 0 Å². The number of hydrogen-bond acceptors (Lipinski definition) is 3. The summed E-state index contributed by atoms with van der Waals surface area (Å²) in [5.74, 6) is 0. The largest absolute Gasteiger partial charge is 0.369 e. The standard InChI is InChI=1S/C12H15ClN2O/c1-14-5-7-15(8-6-14)11-4-2-3-10(9-11)12(13)16/h2-4,9H,5-8H2,1H3. The van der Waals surface area contributed by atoms with Gasteiger partial charge in [0.25, 0.3) is 5.24 Å². The van der Waals surface area contributed by atoms with Gasteiger partial charge in [0.2, 0.25) is 0 Å². The van der Waals surface area contributed by atoms with Gasteiger partial charge in [-0.25, -0.2) is 0 Å². The van der Waals surface area contributed by atoms with E-state index in [1.165, 1.54) is 0 Å². The molecule has 3 nitrogen and oxygen atoms in total. The summed E-state index contributed by atoms with van der Waals surface area (Å²) in [7, 11) is 2.12. The molecule has 0 radical (unpaired) electrons. The third-order valence-corrected chi connectivity index (χ3v) is 3.16. The maximum Gasteiger partial charge on any atom is 0.252 e. The summed E-state index contributed by atoms with van der Waals surface area (Å²) in [5, 5.41) is -0.393. The number of likely N-dealkylation sites (N-methyl/N-ethyl adjacent to an activating group) is 1. The minimum absolute atomic E-state index is 0.393. The van der Waals surface area contributed by atoms with E-state index >= 15 is 0 Å². The smallest absolute Gasteiger partial charge is 0.252 e. The highest BCUT2D eigenvalue weighted by molar-refractivity contribution is 6.67. The molecule has 1 heterocycles. The molecule has 0 aliphatic carbocycles. The van der Waals surface area contributed by atoms with E-state index in [0.29, 0.717) is 5.56 Å². The Hall–Kier alpha value is -1.06. The lowest BCUT2D eigenvalue weighted by Gasteiger charge is -2.34. The molecule has 0 amide bonds. The van der Waals surface area contributed by atoms with E-state index in [1.807, 2.05) is 18.2 Å². The summed E-state index contributed by atoms with van der Waals surface area (Å²) in [6, 6.07) is 7.51. The fraction of sp³-hybridized carbons (Fsp3) is 0.417. The van der Waals surface area contributed by atoms with Crippen LogP contribution in [0.25, 0.3) is 0 Å². The van der Waals surface area contributed by atoms with Crippen LogP contribution in [-0.4, -0.2) is 43.4 Å². The van der Waals surface area contributed by atoms with Gasteiger partial charge < -0.3 is 9.80 Å². The number of anilines is 1. The second-order valence-corrected chi connectivity index (χ2v) is 4.46. The third-order valence-electron chi connectivity index (χ3n) is 2.94. The van der Waals surface area contributed by atoms with E-state index in [1.54, 1.807) is 6.07 Å². The van der Waals surface area contributed by atoms with Gasteiger partial charge in [-0.05, 0) is 36.8 Å². The summed E-state index contributed by atoms with van der Waals surface area (Å²) in [6.45, 7) is 4.10. The molecule has 0 unspecified atom stereocenters. The second-order valence-electron chi connectivity index (χ2n) is 4.11. The zero-order valence-corrected chi connectivity index (χ0v) is 10.1. The monoisotopic (exact) mass is 238 g/mol. The van der Waals surface area contributed by atoms with Gasteiger partial charge >= 0.3 is 0 Å². The van der Waals surface area contributed by atoms with Gasteiger partial charge in [-0.15, -0.1) is 0 Å². The Kier molecular flexibility index (Phi) is 3.46. The van der Waals surface area contributed by atoms with E-state index in [-0.39, 0.29) is 0 Å². The lowest BCUT2D eigenvalue weighted by Crippen LogP contribution is -2.44. The number of halogens is 1. The Labute approximate surface area is 101 Å². The minimum Gasteiger partial charge on any atom is -0.369 e. The van der Waals surface area contributed by atoms with Gasteiger partial charge in [0.1, 0.15) is 0 Å². The molecule has 86 valence electrons. The van der Waals surface area contributed by atoms with E-state index < -0.39 is 5.24 Å². The first kappa shape index (κ1) is 11.4. The summed E-state index contributed by atoms with van der Waals surface area (Å²) in [5.41, 5.74) is 1.65. The highest BCUT2D eigenvalue weighted by Gasteiger charge is 2.14. The van der Waals surface area contributed by atoms with Crippen LogP contribution < -0.4 is 4.90 Å². The van der Waals surface area contributed by atoms with Gasteiger partial charge in [0.05, 0.1) is 0 Å². The fourth-order valence-electron chi connectivity index (χ4n) is 1.89. The van der Waals surface area contributed by atoms with Crippen LogP contribution >= 0.6 is 11.6 Å². The third kappa shape index (κ3) is 2.54. The molecule has 0 saturated carbocycles. The molecule has 0 spiro atoms. The van der Waals surface area contributed by atoms with E-state index in [2.05, 4.69) is 16.8 Å². The van der Waals surface area contributed by atoms with Crippen molar-refractivity contribution in [3.8, 4) is 0 Å². The van der Waals surface area contributed by atoms with Crippen molar-refractivity contribution in [2.75, 3.05) is 38.1 Å². The molecular weight excluding hydrogens is 224 g/mol. The molecule has 1 aromatic carbocycles. The SMILES string of the molecule is CN1CCN(c2cccc(C(=O)Cl)c2)CC1. The lowest BCUT2D eigenvalue weighted by atomic mass is 10.2. The minimum atomic E-state index is -0.393. The quantitative estimate of drug-likeness (QED) is 0.735. The summed E-state index contributed by atoms with van der Waals surface area (Å²) >= 11 is 5.47. The van der Waals surface area contributed by atoms with Gasteiger partial charge in [0.15, 0.2) is 0 Å². The van der Waals surface area contributed by atoms with Crippen LogP contribution in [0.4, 0.5) is 5.69 Å². The molecule has 0 N–H and O–H groups in total. The Morgan fingerprint density at radius 2 is 1.94 bits per heavy atom. The number of nitrogens with zero attached hydrogens (tertiary/aromatic N) is 2. The number of hydrogen-bond donors (Lipinski definition) is 0. The number of rotatable bonds is 2. The Morgan fingerprint density at radius 1 is 1.25 bits per heavy atom. The molecule has 4 heteroatoms. The van der Waals surface area contributed by atoms with Crippen LogP contribution in [0.5, 0.6) is 0 Å². The molecule has 1 fully saturated rings.